The van der Waals surface area contributed by atoms with Crippen LogP contribution < -0.4 is 5.32 Å². The SMILES string of the molecule is CN(C(=O)c1ccccc1NC(=O)c1ccc([N+](=O)[O-])cc1Cl)C1CCCCC1. The zero-order chi connectivity index (χ0) is 21.0. The topological polar surface area (TPSA) is 92.6 Å². The van der Waals surface area contributed by atoms with Crippen molar-refractivity contribution in [1.29, 1.82) is 0 Å². The molecule has 0 aromatic heterocycles. The third-order valence-corrected chi connectivity index (χ3v) is 5.57. The highest BCUT2D eigenvalue weighted by Gasteiger charge is 2.25. The van der Waals surface area contributed by atoms with Crippen LogP contribution in [0.5, 0.6) is 0 Å². The molecule has 2 aromatic carbocycles. The summed E-state index contributed by atoms with van der Waals surface area (Å²) in [5, 5.41) is 13.5. The van der Waals surface area contributed by atoms with Gasteiger partial charge in [0, 0.05) is 25.2 Å². The lowest BCUT2D eigenvalue weighted by atomic mass is 9.94. The number of anilines is 1. The summed E-state index contributed by atoms with van der Waals surface area (Å²) < 4.78 is 0. The molecule has 0 unspecified atom stereocenters. The summed E-state index contributed by atoms with van der Waals surface area (Å²) in [6.07, 6.45) is 5.38. The van der Waals surface area contributed by atoms with Crippen molar-refractivity contribution in [3.63, 3.8) is 0 Å². The highest BCUT2D eigenvalue weighted by molar-refractivity contribution is 6.34. The molecule has 1 saturated carbocycles. The molecule has 1 fully saturated rings. The number of nitrogens with one attached hydrogen (secondary N) is 1. The van der Waals surface area contributed by atoms with Crippen molar-refractivity contribution in [2.75, 3.05) is 12.4 Å². The van der Waals surface area contributed by atoms with Gasteiger partial charge in [0.2, 0.25) is 0 Å². The molecule has 0 spiro atoms. The maximum absolute atomic E-state index is 13.0. The molecule has 0 saturated heterocycles. The highest BCUT2D eigenvalue weighted by atomic mass is 35.5. The highest BCUT2D eigenvalue weighted by Crippen LogP contribution is 2.27. The van der Waals surface area contributed by atoms with Crippen LogP contribution in [0.15, 0.2) is 42.5 Å². The molecule has 3 rings (SSSR count). The van der Waals surface area contributed by atoms with Gasteiger partial charge in [0.25, 0.3) is 17.5 Å². The molecule has 0 atom stereocenters. The molecule has 0 heterocycles. The van der Waals surface area contributed by atoms with Crippen molar-refractivity contribution in [2.24, 2.45) is 0 Å². The number of nitrogens with zero attached hydrogens (tertiary/aromatic N) is 2. The fraction of sp³-hybridized carbons (Fsp3) is 0.333. The third-order valence-electron chi connectivity index (χ3n) is 5.26. The Hall–Kier alpha value is -2.93. The summed E-state index contributed by atoms with van der Waals surface area (Å²) >= 11 is 6.05. The van der Waals surface area contributed by atoms with Crippen molar-refractivity contribution in [1.82, 2.24) is 4.90 Å². The van der Waals surface area contributed by atoms with Crippen LogP contribution in [0.25, 0.3) is 0 Å². The van der Waals surface area contributed by atoms with Gasteiger partial charge in [-0.1, -0.05) is 43.0 Å². The quantitative estimate of drug-likeness (QED) is 0.554. The first-order valence-corrected chi connectivity index (χ1v) is 9.87. The number of halogens is 1. The first kappa shape index (κ1) is 20.8. The number of nitro benzene ring substituents is 1. The van der Waals surface area contributed by atoms with E-state index in [-0.39, 0.29) is 28.2 Å². The second-order valence-corrected chi connectivity index (χ2v) is 7.54. The van der Waals surface area contributed by atoms with Gasteiger partial charge in [0.1, 0.15) is 0 Å². The Kier molecular flexibility index (Phi) is 6.49. The molecule has 0 aliphatic heterocycles. The van der Waals surface area contributed by atoms with Gasteiger partial charge in [-0.3, -0.25) is 19.7 Å². The maximum Gasteiger partial charge on any atom is 0.270 e. The average Bonchev–Trinajstić information content (AvgIpc) is 2.73. The molecule has 0 radical (unpaired) electrons. The summed E-state index contributed by atoms with van der Waals surface area (Å²) in [5.41, 5.74) is 0.669. The predicted molar refractivity (Wildman–Crippen MR) is 111 cm³/mol. The van der Waals surface area contributed by atoms with E-state index in [2.05, 4.69) is 5.32 Å². The Labute approximate surface area is 173 Å². The second kappa shape index (κ2) is 9.05. The molecule has 2 amide bonds. The van der Waals surface area contributed by atoms with Crippen molar-refractivity contribution < 1.29 is 14.5 Å². The number of benzene rings is 2. The van der Waals surface area contributed by atoms with Crippen molar-refractivity contribution >= 4 is 34.8 Å². The largest absolute Gasteiger partial charge is 0.339 e. The summed E-state index contributed by atoms with van der Waals surface area (Å²) in [4.78, 5) is 37.7. The van der Waals surface area contributed by atoms with Gasteiger partial charge in [0.15, 0.2) is 0 Å². The molecule has 8 heteroatoms. The Morgan fingerprint density at radius 3 is 2.45 bits per heavy atom. The minimum atomic E-state index is -0.581. The molecule has 2 aromatic rings. The van der Waals surface area contributed by atoms with Gasteiger partial charge in [-0.25, -0.2) is 0 Å². The molecule has 1 aliphatic carbocycles. The predicted octanol–water partition coefficient (Wildman–Crippen LogP) is 4.91. The fourth-order valence-corrected chi connectivity index (χ4v) is 3.85. The number of amides is 2. The lowest BCUT2D eigenvalue weighted by Gasteiger charge is -2.31. The molecule has 1 aliphatic rings. The molecule has 29 heavy (non-hydrogen) atoms. The van der Waals surface area contributed by atoms with E-state index in [0.717, 1.165) is 31.7 Å². The first-order valence-electron chi connectivity index (χ1n) is 9.50. The fourth-order valence-electron chi connectivity index (χ4n) is 3.59. The van der Waals surface area contributed by atoms with Crippen LogP contribution in [0.1, 0.15) is 52.8 Å². The molecule has 7 nitrogen and oxygen atoms in total. The van der Waals surface area contributed by atoms with Crippen molar-refractivity contribution in [2.45, 2.75) is 38.1 Å². The number of nitro groups is 1. The van der Waals surface area contributed by atoms with Gasteiger partial charge < -0.3 is 10.2 Å². The van der Waals surface area contributed by atoms with Gasteiger partial charge in [-0.2, -0.15) is 0 Å². The summed E-state index contributed by atoms with van der Waals surface area (Å²) in [5.74, 6) is -0.687. The Balaban J connectivity index is 1.81. The van der Waals surface area contributed by atoms with E-state index in [9.17, 15) is 19.7 Å². The van der Waals surface area contributed by atoms with Crippen molar-refractivity contribution in [3.05, 3.63) is 68.7 Å². The monoisotopic (exact) mass is 415 g/mol. The number of non-ortho nitro benzene ring substituents is 1. The number of para-hydroxylation sites is 1. The van der Waals surface area contributed by atoms with Crippen LogP contribution in [-0.4, -0.2) is 34.7 Å². The first-order chi connectivity index (χ1) is 13.9. The molecule has 1 N–H and O–H groups in total. The standard InChI is InChI=1S/C21H22ClN3O4/c1-24(14-7-3-2-4-8-14)21(27)17-9-5-6-10-19(17)23-20(26)16-12-11-15(25(28)29)13-18(16)22/h5-6,9-14H,2-4,7-8H2,1H3,(H,23,26). The van der Waals surface area contributed by atoms with E-state index < -0.39 is 10.8 Å². The Morgan fingerprint density at radius 2 is 1.79 bits per heavy atom. The van der Waals surface area contributed by atoms with Crippen LogP contribution in [-0.2, 0) is 0 Å². The van der Waals surface area contributed by atoms with Gasteiger partial charge in [-0.15, -0.1) is 0 Å². The number of hydrogen-bond donors (Lipinski definition) is 1. The minimum Gasteiger partial charge on any atom is -0.339 e. The van der Waals surface area contributed by atoms with E-state index in [1.165, 1.54) is 18.6 Å². The molecular weight excluding hydrogens is 394 g/mol. The van der Waals surface area contributed by atoms with E-state index in [1.807, 2.05) is 0 Å². The van der Waals surface area contributed by atoms with Gasteiger partial charge >= 0.3 is 0 Å². The number of carbonyl (C=O) groups is 2. The van der Waals surface area contributed by atoms with E-state index >= 15 is 0 Å². The minimum absolute atomic E-state index is 0.0279. The van der Waals surface area contributed by atoms with Crippen LogP contribution in [0.4, 0.5) is 11.4 Å². The lowest BCUT2D eigenvalue weighted by Crippen LogP contribution is -2.38. The lowest BCUT2D eigenvalue weighted by molar-refractivity contribution is -0.384. The zero-order valence-corrected chi connectivity index (χ0v) is 16.8. The average molecular weight is 416 g/mol. The Bertz CT molecular complexity index is 941. The zero-order valence-electron chi connectivity index (χ0n) is 16.1. The van der Waals surface area contributed by atoms with Crippen LogP contribution in [0.2, 0.25) is 5.02 Å². The molecular formula is C21H22ClN3O4. The van der Waals surface area contributed by atoms with Gasteiger partial charge in [0.05, 0.1) is 26.8 Å². The van der Waals surface area contributed by atoms with E-state index in [4.69, 9.17) is 11.6 Å². The molecule has 152 valence electrons. The Morgan fingerprint density at radius 1 is 1.10 bits per heavy atom. The maximum atomic E-state index is 13.0. The van der Waals surface area contributed by atoms with E-state index in [1.54, 1.807) is 36.2 Å². The van der Waals surface area contributed by atoms with E-state index in [0.29, 0.717) is 11.3 Å². The number of carbonyl (C=O) groups excluding carboxylic acids is 2. The van der Waals surface area contributed by atoms with Crippen molar-refractivity contribution in [3.8, 4) is 0 Å². The smallest absolute Gasteiger partial charge is 0.270 e. The number of rotatable bonds is 5. The summed E-state index contributed by atoms with van der Waals surface area (Å²) in [6, 6.07) is 10.6. The molecule has 0 bridgehead atoms. The number of hydrogen-bond acceptors (Lipinski definition) is 4. The van der Waals surface area contributed by atoms with Gasteiger partial charge in [-0.05, 0) is 31.0 Å². The second-order valence-electron chi connectivity index (χ2n) is 7.13. The van der Waals surface area contributed by atoms with Crippen LogP contribution in [0.3, 0.4) is 0 Å². The normalized spacial score (nSPS) is 14.3. The van der Waals surface area contributed by atoms with Crippen LogP contribution in [0, 0.1) is 10.1 Å². The summed E-state index contributed by atoms with van der Waals surface area (Å²) in [7, 11) is 1.80. The van der Waals surface area contributed by atoms with Crippen LogP contribution >= 0.6 is 11.6 Å². The third kappa shape index (κ3) is 4.74. The summed E-state index contributed by atoms with van der Waals surface area (Å²) in [6.45, 7) is 0.